The maximum absolute atomic E-state index is 3.49. The summed E-state index contributed by atoms with van der Waals surface area (Å²) in [6, 6.07) is 21.8. The number of hydrogen-bond donors (Lipinski definition) is 1. The van der Waals surface area contributed by atoms with Gasteiger partial charge in [0.1, 0.15) is 0 Å². The maximum Gasteiger partial charge on any atom is 0.0551 e. The molecule has 4 rings (SSSR count). The fourth-order valence-corrected chi connectivity index (χ4v) is 3.62. The van der Waals surface area contributed by atoms with Crippen LogP contribution < -0.4 is 4.72 Å². The molecule has 1 N–H and O–H groups in total. The number of anilines is 1. The summed E-state index contributed by atoms with van der Waals surface area (Å²) in [6.45, 7) is 0. The first-order valence-electron chi connectivity index (χ1n) is 6.91. The second kappa shape index (κ2) is 4.88. The Bertz CT molecular complexity index is 779. The van der Waals surface area contributed by atoms with Crippen LogP contribution in [0.15, 0.2) is 60.7 Å². The molecule has 0 atom stereocenters. The molecule has 0 saturated heterocycles. The summed E-state index contributed by atoms with van der Waals surface area (Å²) < 4.78 is 3.49. The lowest BCUT2D eigenvalue weighted by molar-refractivity contribution is 1.15. The van der Waals surface area contributed by atoms with Gasteiger partial charge in [-0.15, -0.1) is 0 Å². The molecule has 0 unspecified atom stereocenters. The number of rotatable bonds is 1. The van der Waals surface area contributed by atoms with Crippen molar-refractivity contribution in [3.8, 4) is 11.1 Å². The van der Waals surface area contributed by atoms with E-state index in [4.69, 9.17) is 0 Å². The van der Waals surface area contributed by atoms with Gasteiger partial charge in [0.25, 0.3) is 0 Å². The van der Waals surface area contributed by atoms with Crippen molar-refractivity contribution in [1.82, 2.24) is 0 Å². The SMILES string of the molecule is c1cc2c(c(-c3ccc4ccccc4c3)c1)NSCC2. The highest BCUT2D eigenvalue weighted by Gasteiger charge is 2.14. The Morgan fingerprint density at radius 1 is 0.850 bits per heavy atom. The third kappa shape index (κ3) is 1.97. The number of nitrogens with one attached hydrogen (secondary N) is 1. The Morgan fingerprint density at radius 2 is 1.75 bits per heavy atom. The van der Waals surface area contributed by atoms with Crippen molar-refractivity contribution in [3.05, 3.63) is 66.2 Å². The molecule has 0 radical (unpaired) electrons. The minimum absolute atomic E-state index is 1.15. The third-order valence-corrected chi connectivity index (χ3v) is 4.62. The van der Waals surface area contributed by atoms with Crippen molar-refractivity contribution in [2.75, 3.05) is 10.5 Å². The highest BCUT2D eigenvalue weighted by atomic mass is 32.2. The molecule has 0 aromatic heterocycles. The van der Waals surface area contributed by atoms with E-state index >= 15 is 0 Å². The van der Waals surface area contributed by atoms with Gasteiger partial charge in [0.15, 0.2) is 0 Å². The summed E-state index contributed by atoms with van der Waals surface area (Å²) in [5.74, 6) is 1.15. The molecule has 1 aliphatic heterocycles. The van der Waals surface area contributed by atoms with Crippen LogP contribution in [0.4, 0.5) is 5.69 Å². The Hall–Kier alpha value is -1.93. The van der Waals surface area contributed by atoms with E-state index in [1.165, 1.54) is 33.2 Å². The van der Waals surface area contributed by atoms with E-state index < -0.39 is 0 Å². The topological polar surface area (TPSA) is 12.0 Å². The fraction of sp³-hybridized carbons (Fsp3) is 0.111. The van der Waals surface area contributed by atoms with Crippen molar-refractivity contribution < 1.29 is 0 Å². The summed E-state index contributed by atoms with van der Waals surface area (Å²) in [5.41, 5.74) is 5.31. The van der Waals surface area contributed by atoms with Crippen LogP contribution in [0, 0.1) is 0 Å². The lowest BCUT2D eigenvalue weighted by Gasteiger charge is -2.20. The molecule has 3 aromatic carbocycles. The van der Waals surface area contributed by atoms with Crippen LogP contribution in [0.5, 0.6) is 0 Å². The molecule has 0 spiro atoms. The third-order valence-electron chi connectivity index (χ3n) is 3.86. The molecule has 0 amide bonds. The molecule has 1 aliphatic rings. The second-order valence-corrected chi connectivity index (χ2v) is 6.00. The molecule has 1 nitrogen and oxygen atoms in total. The Labute approximate surface area is 123 Å². The van der Waals surface area contributed by atoms with Gasteiger partial charge in [0, 0.05) is 11.3 Å². The first kappa shape index (κ1) is 11.9. The van der Waals surface area contributed by atoms with Crippen molar-refractivity contribution in [3.63, 3.8) is 0 Å². The Balaban J connectivity index is 1.90. The predicted molar refractivity (Wildman–Crippen MR) is 89.2 cm³/mol. The zero-order valence-corrected chi connectivity index (χ0v) is 11.9. The first-order chi connectivity index (χ1) is 9.92. The van der Waals surface area contributed by atoms with Gasteiger partial charge in [-0.05, 0) is 34.4 Å². The van der Waals surface area contributed by atoms with E-state index in [9.17, 15) is 0 Å². The highest BCUT2D eigenvalue weighted by molar-refractivity contribution is 8.00. The molecule has 1 heterocycles. The van der Waals surface area contributed by atoms with Gasteiger partial charge < -0.3 is 4.72 Å². The molecule has 98 valence electrons. The average Bonchev–Trinajstić information content (AvgIpc) is 2.54. The largest absolute Gasteiger partial charge is 0.329 e. The smallest absolute Gasteiger partial charge is 0.0551 e. The zero-order chi connectivity index (χ0) is 13.4. The normalized spacial score (nSPS) is 13.8. The number of aryl methyl sites for hydroxylation is 1. The zero-order valence-electron chi connectivity index (χ0n) is 11.1. The monoisotopic (exact) mass is 277 g/mol. The quantitative estimate of drug-likeness (QED) is 0.619. The number of benzene rings is 3. The fourth-order valence-electron chi connectivity index (χ4n) is 2.81. The van der Waals surface area contributed by atoms with Crippen LogP contribution in [-0.4, -0.2) is 5.75 Å². The van der Waals surface area contributed by atoms with E-state index in [1.807, 2.05) is 0 Å². The van der Waals surface area contributed by atoms with E-state index in [0.29, 0.717) is 0 Å². The lowest BCUT2D eigenvalue weighted by atomic mass is 9.97. The van der Waals surface area contributed by atoms with Crippen molar-refractivity contribution in [2.45, 2.75) is 6.42 Å². The van der Waals surface area contributed by atoms with E-state index in [1.54, 1.807) is 11.9 Å². The molecule has 0 aliphatic carbocycles. The molecule has 0 saturated carbocycles. The molecule has 3 aromatic rings. The molecular weight excluding hydrogens is 262 g/mol. The van der Waals surface area contributed by atoms with Gasteiger partial charge in [0.05, 0.1) is 5.69 Å². The Morgan fingerprint density at radius 3 is 2.70 bits per heavy atom. The average molecular weight is 277 g/mol. The van der Waals surface area contributed by atoms with Crippen molar-refractivity contribution >= 4 is 28.4 Å². The van der Waals surface area contributed by atoms with E-state index in [2.05, 4.69) is 65.4 Å². The van der Waals surface area contributed by atoms with Crippen molar-refractivity contribution in [1.29, 1.82) is 0 Å². The summed E-state index contributed by atoms with van der Waals surface area (Å²) in [5, 5.41) is 2.59. The van der Waals surface area contributed by atoms with Crippen LogP contribution in [0.1, 0.15) is 5.56 Å². The van der Waals surface area contributed by atoms with Crippen LogP contribution in [0.25, 0.3) is 21.9 Å². The number of hydrogen-bond acceptors (Lipinski definition) is 2. The molecular formula is C18H15NS. The molecule has 0 bridgehead atoms. The number of para-hydroxylation sites is 1. The van der Waals surface area contributed by atoms with Crippen LogP contribution in [0.3, 0.4) is 0 Å². The van der Waals surface area contributed by atoms with Gasteiger partial charge in [0.2, 0.25) is 0 Å². The van der Waals surface area contributed by atoms with Crippen LogP contribution in [0.2, 0.25) is 0 Å². The van der Waals surface area contributed by atoms with Crippen molar-refractivity contribution in [2.24, 2.45) is 0 Å². The molecule has 0 fully saturated rings. The van der Waals surface area contributed by atoms with Gasteiger partial charge >= 0.3 is 0 Å². The maximum atomic E-state index is 3.49. The summed E-state index contributed by atoms with van der Waals surface area (Å²) in [7, 11) is 0. The second-order valence-electron chi connectivity index (χ2n) is 5.10. The first-order valence-corrected chi connectivity index (χ1v) is 7.89. The summed E-state index contributed by atoms with van der Waals surface area (Å²) >= 11 is 1.80. The van der Waals surface area contributed by atoms with Gasteiger partial charge in [-0.1, -0.05) is 66.5 Å². The highest BCUT2D eigenvalue weighted by Crippen LogP contribution is 2.37. The number of fused-ring (bicyclic) bond motifs is 2. The minimum atomic E-state index is 1.15. The molecule has 2 heteroatoms. The summed E-state index contributed by atoms with van der Waals surface area (Å²) in [6.07, 6.45) is 1.15. The predicted octanol–water partition coefficient (Wildman–Crippen LogP) is 5.12. The minimum Gasteiger partial charge on any atom is -0.329 e. The standard InChI is InChI=1S/C18H15NS/c1-2-5-15-12-16(9-8-13(15)4-1)17-7-3-6-14-10-11-20-19-18(14)17/h1-9,12,19H,10-11H2. The van der Waals surface area contributed by atoms with Gasteiger partial charge in [-0.2, -0.15) is 0 Å². The lowest BCUT2D eigenvalue weighted by Crippen LogP contribution is -2.05. The molecule has 20 heavy (non-hydrogen) atoms. The summed E-state index contributed by atoms with van der Waals surface area (Å²) in [4.78, 5) is 0. The van der Waals surface area contributed by atoms with E-state index in [0.717, 1.165) is 12.2 Å². The Kier molecular flexibility index (Phi) is 2.89. The van der Waals surface area contributed by atoms with Gasteiger partial charge in [-0.25, -0.2) is 0 Å². The van der Waals surface area contributed by atoms with Crippen LogP contribution >= 0.6 is 11.9 Å². The van der Waals surface area contributed by atoms with Gasteiger partial charge in [-0.3, -0.25) is 0 Å². The van der Waals surface area contributed by atoms with E-state index in [-0.39, 0.29) is 0 Å². The van der Waals surface area contributed by atoms with Crippen LogP contribution in [-0.2, 0) is 6.42 Å².